The van der Waals surface area contributed by atoms with Crippen molar-refractivity contribution in [3.05, 3.63) is 41.5 Å². The molecule has 82 valence electrons. The minimum atomic E-state index is 0.480. The normalized spacial score (nSPS) is 31.0. The number of hydrogen-bond donors (Lipinski definition) is 0. The smallest absolute Gasteiger partial charge is 0.133 e. The molecule has 0 N–H and O–H groups in total. The van der Waals surface area contributed by atoms with Crippen LogP contribution in [0.5, 0.6) is 0 Å². The van der Waals surface area contributed by atoms with Gasteiger partial charge in [-0.05, 0) is 30.2 Å². The van der Waals surface area contributed by atoms with Crippen LogP contribution in [0.1, 0.15) is 31.2 Å². The van der Waals surface area contributed by atoms with E-state index in [0.717, 1.165) is 25.7 Å². The summed E-state index contributed by atoms with van der Waals surface area (Å²) in [5, 5.41) is 0. The molecule has 1 aromatic rings. The third-order valence-corrected chi connectivity index (χ3v) is 3.87. The number of Topliss-reactive ketones (excluding diaryl/α,β-unsaturated/α-hetero) is 1. The monoisotopic (exact) mass is 212 g/mol. The maximum absolute atomic E-state index is 11.3. The molecule has 0 aromatic heterocycles. The summed E-state index contributed by atoms with van der Waals surface area (Å²) in [5.74, 6) is 1.79. The Morgan fingerprint density at radius 3 is 2.19 bits per heavy atom. The fraction of sp³-hybridized carbons (Fsp3) is 0.400. The van der Waals surface area contributed by atoms with Gasteiger partial charge >= 0.3 is 0 Å². The van der Waals surface area contributed by atoms with Gasteiger partial charge in [-0.25, -0.2) is 0 Å². The molecule has 2 aliphatic rings. The molecular weight excluding hydrogens is 196 g/mol. The van der Waals surface area contributed by atoms with E-state index in [2.05, 4.69) is 30.3 Å². The van der Waals surface area contributed by atoms with Gasteiger partial charge in [0.2, 0.25) is 0 Å². The predicted molar refractivity (Wildman–Crippen MR) is 64.9 cm³/mol. The number of hydrogen-bond acceptors (Lipinski definition) is 1. The van der Waals surface area contributed by atoms with E-state index in [9.17, 15) is 4.79 Å². The summed E-state index contributed by atoms with van der Waals surface area (Å²) >= 11 is 0. The zero-order valence-electron chi connectivity index (χ0n) is 9.36. The molecule has 1 heteroatoms. The zero-order chi connectivity index (χ0) is 11.0. The minimum absolute atomic E-state index is 0.480. The first-order valence-electron chi connectivity index (χ1n) is 6.07. The molecule has 1 aromatic carbocycles. The maximum atomic E-state index is 11.3. The molecule has 0 amide bonds. The van der Waals surface area contributed by atoms with Gasteiger partial charge in [0, 0.05) is 12.8 Å². The number of fused-ring (bicyclic) bond motifs is 1. The molecule has 1 nitrogen and oxygen atoms in total. The lowest BCUT2D eigenvalue weighted by molar-refractivity contribution is -0.117. The van der Waals surface area contributed by atoms with E-state index in [4.69, 9.17) is 0 Å². The Morgan fingerprint density at radius 1 is 0.938 bits per heavy atom. The molecule has 3 rings (SSSR count). The Kier molecular flexibility index (Phi) is 2.39. The molecule has 0 aliphatic heterocycles. The van der Waals surface area contributed by atoms with Crippen molar-refractivity contribution in [2.75, 3.05) is 0 Å². The summed E-state index contributed by atoms with van der Waals surface area (Å²) in [6.07, 6.45) is 6.26. The highest BCUT2D eigenvalue weighted by atomic mass is 16.1. The summed E-state index contributed by atoms with van der Waals surface area (Å²) in [5.41, 5.74) is 2.83. The van der Waals surface area contributed by atoms with Gasteiger partial charge in [-0.15, -0.1) is 0 Å². The van der Waals surface area contributed by atoms with Gasteiger partial charge in [0.1, 0.15) is 5.78 Å². The lowest BCUT2D eigenvalue weighted by Crippen LogP contribution is -1.95. The van der Waals surface area contributed by atoms with E-state index in [1.807, 2.05) is 6.07 Å². The fourth-order valence-electron chi connectivity index (χ4n) is 3.14. The van der Waals surface area contributed by atoms with Gasteiger partial charge in [-0.3, -0.25) is 4.79 Å². The number of ketones is 1. The number of allylic oxidation sites excluding steroid dienone is 1. The lowest BCUT2D eigenvalue weighted by Gasteiger charge is -2.02. The molecule has 0 saturated heterocycles. The summed E-state index contributed by atoms with van der Waals surface area (Å²) in [4.78, 5) is 11.3. The van der Waals surface area contributed by atoms with Crippen molar-refractivity contribution in [3.8, 4) is 0 Å². The number of benzene rings is 1. The van der Waals surface area contributed by atoms with E-state index in [0.29, 0.717) is 17.6 Å². The van der Waals surface area contributed by atoms with E-state index in [1.165, 1.54) is 11.1 Å². The van der Waals surface area contributed by atoms with Crippen LogP contribution in [0.4, 0.5) is 0 Å². The highest BCUT2D eigenvalue weighted by Gasteiger charge is 2.38. The van der Waals surface area contributed by atoms with E-state index >= 15 is 0 Å². The van der Waals surface area contributed by atoms with Crippen molar-refractivity contribution in [2.24, 2.45) is 11.8 Å². The van der Waals surface area contributed by atoms with Crippen molar-refractivity contribution in [1.82, 2.24) is 0 Å². The number of carbonyl (C=O) groups is 1. The molecule has 0 spiro atoms. The Bertz CT molecular complexity index is 412. The predicted octanol–water partition coefficient (Wildman–Crippen LogP) is 3.46. The summed E-state index contributed by atoms with van der Waals surface area (Å²) in [7, 11) is 0. The fourth-order valence-corrected chi connectivity index (χ4v) is 3.14. The number of rotatable bonds is 1. The first-order valence-corrected chi connectivity index (χ1v) is 6.07. The van der Waals surface area contributed by atoms with Gasteiger partial charge in [0.05, 0.1) is 0 Å². The Labute approximate surface area is 96.2 Å². The molecule has 0 unspecified atom stereocenters. The molecule has 0 heterocycles. The highest BCUT2D eigenvalue weighted by molar-refractivity contribution is 5.81. The third kappa shape index (κ3) is 1.82. The Balaban J connectivity index is 1.76. The van der Waals surface area contributed by atoms with Crippen molar-refractivity contribution in [1.29, 1.82) is 0 Å². The van der Waals surface area contributed by atoms with Crippen molar-refractivity contribution < 1.29 is 4.79 Å². The minimum Gasteiger partial charge on any atom is -0.300 e. The molecular formula is C15H16O. The average Bonchev–Trinajstić information content (AvgIpc) is 2.76. The standard InChI is InChI=1S/C15H16O/c16-15-9-13-7-12(8-14(13)10-15)6-11-4-2-1-3-5-11/h1-6,13-14H,7-10H2/t13-,14+. The second kappa shape index (κ2) is 3.89. The average molecular weight is 212 g/mol. The Morgan fingerprint density at radius 2 is 1.56 bits per heavy atom. The summed E-state index contributed by atoms with van der Waals surface area (Å²) in [6, 6.07) is 10.5. The molecule has 0 radical (unpaired) electrons. The van der Waals surface area contributed by atoms with Crippen LogP contribution in [0.15, 0.2) is 35.9 Å². The van der Waals surface area contributed by atoms with Gasteiger partial charge in [-0.2, -0.15) is 0 Å². The van der Waals surface area contributed by atoms with Gasteiger partial charge in [0.25, 0.3) is 0 Å². The molecule has 2 fully saturated rings. The molecule has 2 atom stereocenters. The van der Waals surface area contributed by atoms with E-state index in [1.54, 1.807) is 0 Å². The quantitative estimate of drug-likeness (QED) is 0.696. The SMILES string of the molecule is O=C1C[C@@H]2CC(=Cc3ccccc3)C[C@@H]2C1. The zero-order valence-corrected chi connectivity index (χ0v) is 9.36. The first-order chi connectivity index (χ1) is 7.81. The van der Waals surface area contributed by atoms with Crippen LogP contribution in [0, 0.1) is 11.8 Å². The van der Waals surface area contributed by atoms with Crippen LogP contribution in [0.3, 0.4) is 0 Å². The summed E-state index contributed by atoms with van der Waals surface area (Å²) < 4.78 is 0. The molecule has 2 aliphatic carbocycles. The van der Waals surface area contributed by atoms with Crippen LogP contribution in [0.25, 0.3) is 6.08 Å². The van der Waals surface area contributed by atoms with Gasteiger partial charge < -0.3 is 0 Å². The van der Waals surface area contributed by atoms with E-state index in [-0.39, 0.29) is 0 Å². The largest absolute Gasteiger partial charge is 0.300 e. The van der Waals surface area contributed by atoms with Crippen molar-refractivity contribution >= 4 is 11.9 Å². The van der Waals surface area contributed by atoms with Crippen LogP contribution in [-0.4, -0.2) is 5.78 Å². The van der Waals surface area contributed by atoms with Crippen LogP contribution < -0.4 is 0 Å². The second-order valence-corrected chi connectivity index (χ2v) is 5.09. The topological polar surface area (TPSA) is 17.1 Å². The molecule has 0 bridgehead atoms. The first kappa shape index (κ1) is 9.83. The number of carbonyl (C=O) groups excluding carboxylic acids is 1. The third-order valence-electron chi connectivity index (χ3n) is 3.87. The van der Waals surface area contributed by atoms with Crippen LogP contribution in [0.2, 0.25) is 0 Å². The van der Waals surface area contributed by atoms with Crippen molar-refractivity contribution in [3.63, 3.8) is 0 Å². The van der Waals surface area contributed by atoms with Crippen LogP contribution >= 0.6 is 0 Å². The lowest BCUT2D eigenvalue weighted by atomic mass is 10.0. The molecule has 2 saturated carbocycles. The van der Waals surface area contributed by atoms with Crippen molar-refractivity contribution in [2.45, 2.75) is 25.7 Å². The highest BCUT2D eigenvalue weighted by Crippen LogP contribution is 2.45. The van der Waals surface area contributed by atoms with Gasteiger partial charge in [0.15, 0.2) is 0 Å². The van der Waals surface area contributed by atoms with E-state index < -0.39 is 0 Å². The second-order valence-electron chi connectivity index (χ2n) is 5.09. The van der Waals surface area contributed by atoms with Gasteiger partial charge in [-0.1, -0.05) is 42.0 Å². The maximum Gasteiger partial charge on any atom is 0.133 e. The summed E-state index contributed by atoms with van der Waals surface area (Å²) in [6.45, 7) is 0. The van der Waals surface area contributed by atoms with Crippen LogP contribution in [-0.2, 0) is 4.79 Å². The Hall–Kier alpha value is -1.37. The molecule has 16 heavy (non-hydrogen) atoms.